The molecule has 3 saturated carbocycles. The normalized spacial score (nSPS) is 56.8. The zero-order valence-electron chi connectivity index (χ0n) is 10.8. The van der Waals surface area contributed by atoms with Gasteiger partial charge in [0.2, 0.25) is 0 Å². The van der Waals surface area contributed by atoms with Crippen LogP contribution in [0.15, 0.2) is 0 Å². The predicted octanol–water partition coefficient (Wildman–Crippen LogP) is 4.49. The molecule has 0 amide bonds. The highest BCUT2D eigenvalue weighted by atomic mass is 14.7. The molecule has 2 bridgehead atoms. The van der Waals surface area contributed by atoms with Crippen LogP contribution in [0.4, 0.5) is 0 Å². The molecule has 0 aliphatic heterocycles. The Morgan fingerprint density at radius 2 is 1.73 bits per heavy atom. The van der Waals surface area contributed by atoms with Crippen molar-refractivity contribution in [2.24, 2.45) is 34.5 Å². The number of fused-ring (bicyclic) bond motifs is 1. The van der Waals surface area contributed by atoms with E-state index in [1.807, 2.05) is 0 Å². The Morgan fingerprint density at radius 3 is 2.47 bits per heavy atom. The van der Waals surface area contributed by atoms with Crippen molar-refractivity contribution in [3.05, 3.63) is 0 Å². The fraction of sp³-hybridized carbons (Fsp3) is 1.00. The Morgan fingerprint density at radius 1 is 1.00 bits per heavy atom. The van der Waals surface area contributed by atoms with Crippen LogP contribution in [0.2, 0.25) is 0 Å². The van der Waals surface area contributed by atoms with E-state index in [9.17, 15) is 0 Å². The first-order chi connectivity index (χ1) is 7.00. The van der Waals surface area contributed by atoms with Crippen LogP contribution in [0.25, 0.3) is 0 Å². The minimum absolute atomic E-state index is 0.639. The lowest BCUT2D eigenvalue weighted by atomic mass is 9.52. The molecule has 0 heterocycles. The van der Waals surface area contributed by atoms with Crippen LogP contribution in [-0.2, 0) is 0 Å². The van der Waals surface area contributed by atoms with Gasteiger partial charge < -0.3 is 0 Å². The Bertz CT molecular complexity index is 278. The zero-order chi connectivity index (χ0) is 10.8. The van der Waals surface area contributed by atoms with Gasteiger partial charge in [-0.3, -0.25) is 0 Å². The molecule has 0 unspecified atom stereocenters. The maximum atomic E-state index is 2.59. The summed E-state index contributed by atoms with van der Waals surface area (Å²) < 4.78 is 0. The highest BCUT2D eigenvalue weighted by Gasteiger charge is 2.66. The molecule has 0 N–H and O–H groups in total. The second-order valence-electron chi connectivity index (χ2n) is 7.30. The van der Waals surface area contributed by atoms with Crippen molar-refractivity contribution in [2.45, 2.75) is 59.8 Å². The lowest BCUT2D eigenvalue weighted by Gasteiger charge is -2.52. The van der Waals surface area contributed by atoms with Gasteiger partial charge in [-0.2, -0.15) is 0 Å². The maximum Gasteiger partial charge on any atom is -0.0187 e. The average Bonchev–Trinajstić information content (AvgIpc) is 2.53. The molecule has 1 spiro atoms. The summed E-state index contributed by atoms with van der Waals surface area (Å²) in [6.45, 7) is 10.2. The third-order valence-electron chi connectivity index (χ3n) is 6.95. The van der Waals surface area contributed by atoms with Gasteiger partial charge in [-0.15, -0.1) is 0 Å². The van der Waals surface area contributed by atoms with Crippen molar-refractivity contribution < 1.29 is 0 Å². The molecule has 3 aliphatic rings. The second-order valence-corrected chi connectivity index (χ2v) is 7.30. The van der Waals surface area contributed by atoms with Crippen molar-refractivity contribution in [2.75, 3.05) is 0 Å². The summed E-state index contributed by atoms with van der Waals surface area (Å²) in [5, 5.41) is 0. The molecular formula is C15H26. The maximum absolute atomic E-state index is 2.59. The first-order valence-corrected chi connectivity index (χ1v) is 7.00. The molecular weight excluding hydrogens is 180 g/mol. The van der Waals surface area contributed by atoms with Crippen molar-refractivity contribution in [1.82, 2.24) is 0 Å². The Labute approximate surface area is 94.8 Å². The lowest BCUT2D eigenvalue weighted by molar-refractivity contribution is -0.0406. The van der Waals surface area contributed by atoms with Gasteiger partial charge in [0, 0.05) is 0 Å². The molecule has 0 aromatic carbocycles. The quantitative estimate of drug-likeness (QED) is 0.547. The van der Waals surface area contributed by atoms with Crippen LogP contribution in [0.3, 0.4) is 0 Å². The first kappa shape index (κ1) is 10.2. The number of rotatable bonds is 0. The first-order valence-electron chi connectivity index (χ1n) is 7.00. The summed E-state index contributed by atoms with van der Waals surface area (Å²) in [6, 6.07) is 0. The van der Waals surface area contributed by atoms with Gasteiger partial charge >= 0.3 is 0 Å². The van der Waals surface area contributed by atoms with Gasteiger partial charge in [-0.05, 0) is 66.6 Å². The fourth-order valence-corrected chi connectivity index (χ4v) is 6.02. The zero-order valence-corrected chi connectivity index (χ0v) is 10.8. The van der Waals surface area contributed by atoms with Crippen LogP contribution in [-0.4, -0.2) is 0 Å². The molecule has 0 radical (unpaired) electrons. The molecule has 15 heavy (non-hydrogen) atoms. The van der Waals surface area contributed by atoms with E-state index in [1.165, 1.54) is 25.7 Å². The van der Waals surface area contributed by atoms with Crippen molar-refractivity contribution in [1.29, 1.82) is 0 Å². The van der Waals surface area contributed by atoms with Crippen molar-refractivity contribution in [3.8, 4) is 0 Å². The smallest absolute Gasteiger partial charge is 0.0187 e. The highest BCUT2D eigenvalue weighted by Crippen LogP contribution is 2.74. The monoisotopic (exact) mass is 206 g/mol. The minimum Gasteiger partial charge on any atom is -0.0622 e. The van der Waals surface area contributed by atoms with Gasteiger partial charge in [-0.1, -0.05) is 27.7 Å². The SMILES string of the molecule is C[C@@H]1CC[C@@H]2C[C@H]3[C@@H](C)CC[C@]13C2(C)C. The summed E-state index contributed by atoms with van der Waals surface area (Å²) >= 11 is 0. The lowest BCUT2D eigenvalue weighted by Crippen LogP contribution is -2.46. The predicted molar refractivity (Wildman–Crippen MR) is 64.6 cm³/mol. The van der Waals surface area contributed by atoms with E-state index in [-0.39, 0.29) is 0 Å². The van der Waals surface area contributed by atoms with E-state index in [2.05, 4.69) is 27.7 Å². The largest absolute Gasteiger partial charge is 0.0622 e. The Kier molecular flexibility index (Phi) is 1.91. The summed E-state index contributed by atoms with van der Waals surface area (Å²) in [5.41, 5.74) is 1.37. The van der Waals surface area contributed by atoms with Gasteiger partial charge in [0.1, 0.15) is 0 Å². The molecule has 0 saturated heterocycles. The van der Waals surface area contributed by atoms with E-state index in [4.69, 9.17) is 0 Å². The van der Waals surface area contributed by atoms with Crippen LogP contribution in [0.5, 0.6) is 0 Å². The fourth-order valence-electron chi connectivity index (χ4n) is 6.02. The van der Waals surface area contributed by atoms with Gasteiger partial charge in [-0.25, -0.2) is 0 Å². The topological polar surface area (TPSA) is 0 Å². The van der Waals surface area contributed by atoms with Crippen molar-refractivity contribution in [3.63, 3.8) is 0 Å². The Hall–Kier alpha value is 0. The average molecular weight is 206 g/mol. The molecule has 86 valence electrons. The highest BCUT2D eigenvalue weighted by molar-refractivity contribution is 5.15. The summed E-state index contributed by atoms with van der Waals surface area (Å²) in [6.07, 6.45) is 7.61. The van der Waals surface area contributed by atoms with Gasteiger partial charge in [0.05, 0.1) is 0 Å². The molecule has 0 nitrogen and oxygen atoms in total. The van der Waals surface area contributed by atoms with Gasteiger partial charge in [0.15, 0.2) is 0 Å². The van der Waals surface area contributed by atoms with E-state index in [0.717, 1.165) is 29.1 Å². The summed E-state index contributed by atoms with van der Waals surface area (Å²) in [7, 11) is 0. The molecule has 0 heteroatoms. The number of hydrogen-bond donors (Lipinski definition) is 0. The molecule has 3 fully saturated rings. The molecule has 3 aliphatic carbocycles. The second kappa shape index (κ2) is 2.81. The third kappa shape index (κ3) is 0.953. The molecule has 0 aromatic rings. The standard InChI is InChI=1S/C15H26/c1-10-7-8-15-11(2)5-6-12(9-13(10)15)14(15,3)4/h10-13H,5-9H2,1-4H3/t10-,11+,12+,13-,15-/m0/s1. The molecule has 3 rings (SSSR count). The van der Waals surface area contributed by atoms with Crippen LogP contribution >= 0.6 is 0 Å². The van der Waals surface area contributed by atoms with Crippen LogP contribution in [0, 0.1) is 34.5 Å². The summed E-state index contributed by atoms with van der Waals surface area (Å²) in [5.74, 6) is 4.10. The molecule has 0 aromatic heterocycles. The van der Waals surface area contributed by atoms with E-state index in [1.54, 1.807) is 6.42 Å². The van der Waals surface area contributed by atoms with Crippen LogP contribution < -0.4 is 0 Å². The third-order valence-corrected chi connectivity index (χ3v) is 6.95. The Balaban J connectivity index is 2.10. The minimum atomic E-state index is 0.639. The van der Waals surface area contributed by atoms with Crippen LogP contribution in [0.1, 0.15) is 59.8 Å². The number of hydrogen-bond acceptors (Lipinski definition) is 0. The summed E-state index contributed by atoms with van der Waals surface area (Å²) in [4.78, 5) is 0. The van der Waals surface area contributed by atoms with Crippen molar-refractivity contribution >= 4 is 0 Å². The van der Waals surface area contributed by atoms with E-state index in [0.29, 0.717) is 5.41 Å². The molecule has 5 atom stereocenters. The van der Waals surface area contributed by atoms with Gasteiger partial charge in [0.25, 0.3) is 0 Å². The van der Waals surface area contributed by atoms with E-state index < -0.39 is 0 Å². The van der Waals surface area contributed by atoms with E-state index >= 15 is 0 Å².